The summed E-state index contributed by atoms with van der Waals surface area (Å²) < 4.78 is 26.8. The molecule has 5 heteroatoms. The summed E-state index contributed by atoms with van der Waals surface area (Å²) >= 11 is 0. The largest absolute Gasteiger partial charge is 0.356 e. The lowest BCUT2D eigenvalue weighted by Gasteiger charge is -2.20. The van der Waals surface area contributed by atoms with Crippen LogP contribution in [0, 0.1) is 5.92 Å². The molecule has 1 saturated carbocycles. The fourth-order valence-corrected chi connectivity index (χ4v) is 2.52. The van der Waals surface area contributed by atoms with Gasteiger partial charge in [0.25, 0.3) is 0 Å². The van der Waals surface area contributed by atoms with Gasteiger partial charge in [0.05, 0.1) is 6.54 Å². The third-order valence-electron chi connectivity index (χ3n) is 3.46. The van der Waals surface area contributed by atoms with Crippen LogP contribution < -0.4 is 10.6 Å². The van der Waals surface area contributed by atoms with E-state index in [1.165, 1.54) is 0 Å². The van der Waals surface area contributed by atoms with Crippen molar-refractivity contribution in [1.82, 2.24) is 10.6 Å². The Morgan fingerprint density at radius 2 is 2.29 bits per heavy atom. The van der Waals surface area contributed by atoms with E-state index in [1.807, 2.05) is 0 Å². The Hall–Kier alpha value is -0.870. The van der Waals surface area contributed by atoms with E-state index in [0.717, 1.165) is 25.3 Å². The fraction of sp³-hybridized carbons (Fsp3) is 0.917. The van der Waals surface area contributed by atoms with Gasteiger partial charge in [0, 0.05) is 25.4 Å². The molecule has 17 heavy (non-hydrogen) atoms. The van der Waals surface area contributed by atoms with Crippen molar-refractivity contribution in [3.8, 4) is 0 Å². The first-order valence-corrected chi connectivity index (χ1v) is 6.48. The lowest BCUT2D eigenvalue weighted by atomic mass is 9.99. The molecule has 0 spiro atoms. The highest BCUT2D eigenvalue weighted by Gasteiger charge is 2.34. The van der Waals surface area contributed by atoms with Crippen LogP contribution in [0.15, 0.2) is 4.99 Å². The number of aliphatic imine (C=N–C) groups is 1. The predicted octanol–water partition coefficient (Wildman–Crippen LogP) is 2.14. The topological polar surface area (TPSA) is 36.4 Å². The predicted molar refractivity (Wildman–Crippen MR) is 64.4 cm³/mol. The van der Waals surface area contributed by atoms with Crippen LogP contribution in [0.4, 0.5) is 8.78 Å². The molecule has 0 aromatic carbocycles. The maximum atomic E-state index is 13.4. The molecule has 2 rings (SSSR count). The molecule has 0 aromatic heterocycles. The van der Waals surface area contributed by atoms with E-state index in [-0.39, 0.29) is 18.8 Å². The van der Waals surface area contributed by atoms with E-state index < -0.39 is 5.92 Å². The molecule has 1 fully saturated rings. The van der Waals surface area contributed by atoms with Crippen LogP contribution in [0.2, 0.25) is 0 Å². The Kier molecular flexibility index (Phi) is 3.84. The van der Waals surface area contributed by atoms with E-state index in [0.29, 0.717) is 19.0 Å². The van der Waals surface area contributed by atoms with Crippen molar-refractivity contribution in [1.29, 1.82) is 0 Å². The summed E-state index contributed by atoms with van der Waals surface area (Å²) in [7, 11) is 0. The van der Waals surface area contributed by atoms with Crippen LogP contribution in [0.1, 0.15) is 39.0 Å². The van der Waals surface area contributed by atoms with Crippen molar-refractivity contribution in [3.05, 3.63) is 0 Å². The summed E-state index contributed by atoms with van der Waals surface area (Å²) in [5, 5.41) is 6.33. The molecule has 2 aliphatic rings. The number of guanidine groups is 1. The Labute approximate surface area is 101 Å². The average Bonchev–Trinajstić information content (AvgIpc) is 2.58. The summed E-state index contributed by atoms with van der Waals surface area (Å²) in [6.45, 7) is 3.43. The second kappa shape index (κ2) is 5.19. The fourth-order valence-electron chi connectivity index (χ4n) is 2.52. The third-order valence-corrected chi connectivity index (χ3v) is 3.46. The molecular formula is C12H21F2N3. The lowest BCUT2D eigenvalue weighted by Crippen LogP contribution is -2.40. The van der Waals surface area contributed by atoms with Crippen molar-refractivity contribution in [3.63, 3.8) is 0 Å². The molecule has 0 aromatic rings. The molecule has 0 bridgehead atoms. The monoisotopic (exact) mass is 245 g/mol. The van der Waals surface area contributed by atoms with Crippen molar-refractivity contribution < 1.29 is 8.78 Å². The molecule has 3 nitrogen and oxygen atoms in total. The summed E-state index contributed by atoms with van der Waals surface area (Å²) in [5.41, 5.74) is 0. The summed E-state index contributed by atoms with van der Waals surface area (Å²) in [4.78, 5) is 4.27. The highest BCUT2D eigenvalue weighted by atomic mass is 19.3. The molecule has 1 aliphatic carbocycles. The van der Waals surface area contributed by atoms with Gasteiger partial charge in [-0.3, -0.25) is 4.99 Å². The number of hydrogen-bond donors (Lipinski definition) is 2. The zero-order chi connectivity index (χ0) is 12.3. The molecule has 2 N–H and O–H groups in total. The van der Waals surface area contributed by atoms with E-state index >= 15 is 0 Å². The maximum Gasteiger partial charge on any atom is 0.248 e. The second-order valence-corrected chi connectivity index (χ2v) is 5.29. The van der Waals surface area contributed by atoms with Crippen molar-refractivity contribution in [2.24, 2.45) is 10.9 Å². The first kappa shape index (κ1) is 12.6. The first-order chi connectivity index (χ1) is 8.05. The van der Waals surface area contributed by atoms with Crippen molar-refractivity contribution in [2.45, 2.75) is 51.0 Å². The molecule has 1 heterocycles. The average molecular weight is 245 g/mol. The molecule has 1 aliphatic heterocycles. The minimum atomic E-state index is -2.47. The molecule has 2 atom stereocenters. The molecule has 0 radical (unpaired) electrons. The zero-order valence-electron chi connectivity index (χ0n) is 10.3. The number of alkyl halides is 2. The number of nitrogens with one attached hydrogen (secondary N) is 2. The van der Waals surface area contributed by atoms with Gasteiger partial charge in [-0.25, -0.2) is 8.78 Å². The van der Waals surface area contributed by atoms with Gasteiger partial charge in [-0.05, 0) is 25.7 Å². The summed E-state index contributed by atoms with van der Waals surface area (Å²) in [6, 6.07) is 0.355. The lowest BCUT2D eigenvalue weighted by molar-refractivity contribution is -0.0245. The minimum absolute atomic E-state index is 0.0167. The van der Waals surface area contributed by atoms with E-state index in [4.69, 9.17) is 0 Å². The van der Waals surface area contributed by atoms with Gasteiger partial charge in [-0.2, -0.15) is 0 Å². The molecule has 2 unspecified atom stereocenters. The van der Waals surface area contributed by atoms with E-state index in [9.17, 15) is 8.78 Å². The smallest absolute Gasteiger partial charge is 0.248 e. The quantitative estimate of drug-likeness (QED) is 0.731. The van der Waals surface area contributed by atoms with Crippen LogP contribution in [-0.4, -0.2) is 31.0 Å². The Morgan fingerprint density at radius 3 is 3.00 bits per heavy atom. The van der Waals surface area contributed by atoms with Crippen LogP contribution in [0.25, 0.3) is 0 Å². The van der Waals surface area contributed by atoms with Gasteiger partial charge in [-0.1, -0.05) is 6.42 Å². The van der Waals surface area contributed by atoms with Crippen LogP contribution in [-0.2, 0) is 0 Å². The molecule has 98 valence electrons. The molecular weight excluding hydrogens is 224 g/mol. The van der Waals surface area contributed by atoms with E-state index in [2.05, 4.69) is 22.5 Å². The maximum absolute atomic E-state index is 13.4. The van der Waals surface area contributed by atoms with Crippen LogP contribution >= 0.6 is 0 Å². The Balaban J connectivity index is 1.78. The Bertz CT molecular complexity index is 291. The summed E-state index contributed by atoms with van der Waals surface area (Å²) in [6.07, 6.45) is 2.53. The van der Waals surface area contributed by atoms with Gasteiger partial charge in [0.15, 0.2) is 5.96 Å². The molecule has 0 amide bonds. The summed E-state index contributed by atoms with van der Waals surface area (Å²) in [5.74, 6) is -1.64. The SMILES string of the molecule is CC1CN=C(NCC2CCCCC(F)(F)C2)N1. The second-order valence-electron chi connectivity index (χ2n) is 5.29. The van der Waals surface area contributed by atoms with Crippen molar-refractivity contribution in [2.75, 3.05) is 13.1 Å². The van der Waals surface area contributed by atoms with Crippen LogP contribution in [0.3, 0.4) is 0 Å². The number of hydrogen-bond acceptors (Lipinski definition) is 3. The first-order valence-electron chi connectivity index (χ1n) is 6.48. The highest BCUT2D eigenvalue weighted by Crippen LogP contribution is 2.34. The van der Waals surface area contributed by atoms with Gasteiger partial charge < -0.3 is 10.6 Å². The zero-order valence-corrected chi connectivity index (χ0v) is 10.3. The number of halogens is 2. The van der Waals surface area contributed by atoms with E-state index in [1.54, 1.807) is 0 Å². The van der Waals surface area contributed by atoms with Gasteiger partial charge >= 0.3 is 0 Å². The van der Waals surface area contributed by atoms with Gasteiger partial charge in [0.2, 0.25) is 5.92 Å². The molecule has 0 saturated heterocycles. The number of nitrogens with zero attached hydrogens (tertiary/aromatic N) is 1. The van der Waals surface area contributed by atoms with Gasteiger partial charge in [0.1, 0.15) is 0 Å². The normalized spacial score (nSPS) is 32.5. The standard InChI is InChI=1S/C12H21F2N3/c1-9-7-15-11(17-9)16-8-10-4-2-3-5-12(13,14)6-10/h9-10H,2-8H2,1H3,(H2,15,16,17). The highest BCUT2D eigenvalue weighted by molar-refractivity contribution is 5.81. The minimum Gasteiger partial charge on any atom is -0.356 e. The van der Waals surface area contributed by atoms with Crippen LogP contribution in [0.5, 0.6) is 0 Å². The third kappa shape index (κ3) is 3.82. The van der Waals surface area contributed by atoms with Gasteiger partial charge in [-0.15, -0.1) is 0 Å². The Morgan fingerprint density at radius 1 is 1.47 bits per heavy atom. The number of rotatable bonds is 2. The van der Waals surface area contributed by atoms with Crippen molar-refractivity contribution >= 4 is 5.96 Å².